The predicted molar refractivity (Wildman–Crippen MR) is 72.9 cm³/mol. The van der Waals surface area contributed by atoms with Crippen LogP contribution < -0.4 is 5.32 Å². The molecule has 6 heteroatoms. The number of carbonyl (C=O) groups excluding carboxylic acids is 1. The number of anilines is 1. The molecule has 0 bridgehead atoms. The molecule has 1 fully saturated rings. The monoisotopic (exact) mass is 282 g/mol. The zero-order valence-corrected chi connectivity index (χ0v) is 11.2. The van der Waals surface area contributed by atoms with Gasteiger partial charge in [0.15, 0.2) is 0 Å². The standard InChI is InChI=1S/C14H19FN2O3/c15-11-2-1-3-12(8-11)16-14(19)4-5-17-6-7-20-13(9-17)10-18/h1-3,8,13,18H,4-7,9-10H2,(H,16,19). The molecule has 1 atom stereocenters. The SMILES string of the molecule is O=C(CCN1CCOC(CO)C1)Nc1cccc(F)c1. The molecular weight excluding hydrogens is 263 g/mol. The number of nitrogens with one attached hydrogen (secondary N) is 1. The van der Waals surface area contributed by atoms with E-state index in [0.29, 0.717) is 31.8 Å². The molecule has 1 saturated heterocycles. The van der Waals surface area contributed by atoms with Gasteiger partial charge in [-0.3, -0.25) is 9.69 Å². The van der Waals surface area contributed by atoms with Crippen LogP contribution >= 0.6 is 0 Å². The van der Waals surface area contributed by atoms with Crippen LogP contribution in [0.15, 0.2) is 24.3 Å². The summed E-state index contributed by atoms with van der Waals surface area (Å²) in [5, 5.41) is 11.7. The van der Waals surface area contributed by atoms with E-state index in [1.165, 1.54) is 12.1 Å². The first-order valence-corrected chi connectivity index (χ1v) is 6.67. The Hall–Kier alpha value is -1.50. The number of benzene rings is 1. The average molecular weight is 282 g/mol. The zero-order valence-electron chi connectivity index (χ0n) is 11.2. The summed E-state index contributed by atoms with van der Waals surface area (Å²) < 4.78 is 18.3. The highest BCUT2D eigenvalue weighted by atomic mass is 19.1. The van der Waals surface area contributed by atoms with E-state index in [9.17, 15) is 9.18 Å². The molecule has 1 amide bonds. The summed E-state index contributed by atoms with van der Waals surface area (Å²) in [4.78, 5) is 13.9. The summed E-state index contributed by atoms with van der Waals surface area (Å²) in [6, 6.07) is 5.82. The minimum atomic E-state index is -0.373. The van der Waals surface area contributed by atoms with Gasteiger partial charge in [-0.05, 0) is 18.2 Å². The molecule has 110 valence electrons. The van der Waals surface area contributed by atoms with Crippen molar-refractivity contribution in [3.63, 3.8) is 0 Å². The van der Waals surface area contributed by atoms with Gasteiger partial charge in [0, 0.05) is 31.7 Å². The van der Waals surface area contributed by atoms with E-state index < -0.39 is 0 Å². The Morgan fingerprint density at radius 1 is 1.55 bits per heavy atom. The molecule has 5 nitrogen and oxygen atoms in total. The van der Waals surface area contributed by atoms with Gasteiger partial charge in [0.1, 0.15) is 5.82 Å². The van der Waals surface area contributed by atoms with Crippen LogP contribution in [0.25, 0.3) is 0 Å². The lowest BCUT2D eigenvalue weighted by molar-refractivity contribution is -0.117. The average Bonchev–Trinajstić information content (AvgIpc) is 2.45. The molecule has 1 aromatic carbocycles. The molecule has 0 radical (unpaired) electrons. The van der Waals surface area contributed by atoms with Crippen LogP contribution in [0, 0.1) is 5.82 Å². The second-order valence-electron chi connectivity index (χ2n) is 4.78. The molecule has 0 spiro atoms. The van der Waals surface area contributed by atoms with Gasteiger partial charge < -0.3 is 15.2 Å². The molecule has 1 unspecified atom stereocenters. The molecule has 2 rings (SSSR count). The first-order chi connectivity index (χ1) is 9.67. The number of aliphatic hydroxyl groups excluding tert-OH is 1. The molecule has 0 aromatic heterocycles. The summed E-state index contributed by atoms with van der Waals surface area (Å²) in [6.45, 7) is 2.54. The second kappa shape index (κ2) is 7.33. The van der Waals surface area contributed by atoms with Gasteiger partial charge in [0.25, 0.3) is 0 Å². The predicted octanol–water partition coefficient (Wildman–Crippen LogP) is 0.847. The number of nitrogens with zero attached hydrogens (tertiary/aromatic N) is 1. The quantitative estimate of drug-likeness (QED) is 0.840. The van der Waals surface area contributed by atoms with Crippen LogP contribution in [0.3, 0.4) is 0 Å². The van der Waals surface area contributed by atoms with E-state index in [2.05, 4.69) is 10.2 Å². The molecule has 0 saturated carbocycles. The molecule has 1 aliphatic heterocycles. The lowest BCUT2D eigenvalue weighted by atomic mass is 10.2. The number of morpholine rings is 1. The number of hydrogen-bond acceptors (Lipinski definition) is 4. The molecule has 2 N–H and O–H groups in total. The van der Waals surface area contributed by atoms with Gasteiger partial charge in [-0.2, -0.15) is 0 Å². The minimum Gasteiger partial charge on any atom is -0.394 e. The van der Waals surface area contributed by atoms with E-state index in [-0.39, 0.29) is 24.4 Å². The Morgan fingerprint density at radius 3 is 3.15 bits per heavy atom. The number of rotatable bonds is 5. The summed E-state index contributed by atoms with van der Waals surface area (Å²) in [6.07, 6.45) is 0.157. The topological polar surface area (TPSA) is 61.8 Å². The molecular formula is C14H19FN2O3. The Balaban J connectivity index is 1.75. The van der Waals surface area contributed by atoms with Crippen LogP contribution in [-0.2, 0) is 9.53 Å². The molecule has 20 heavy (non-hydrogen) atoms. The summed E-state index contributed by atoms with van der Waals surface area (Å²) >= 11 is 0. The maximum atomic E-state index is 13.0. The highest BCUT2D eigenvalue weighted by Gasteiger charge is 2.19. The highest BCUT2D eigenvalue weighted by Crippen LogP contribution is 2.10. The third kappa shape index (κ3) is 4.56. The van der Waals surface area contributed by atoms with Crippen molar-refractivity contribution < 1.29 is 19.0 Å². The molecule has 1 aromatic rings. The van der Waals surface area contributed by atoms with Gasteiger partial charge in [-0.1, -0.05) is 6.07 Å². The Kier molecular flexibility index (Phi) is 5.46. The van der Waals surface area contributed by atoms with E-state index in [0.717, 1.165) is 6.54 Å². The van der Waals surface area contributed by atoms with Gasteiger partial charge in [-0.25, -0.2) is 4.39 Å². The second-order valence-corrected chi connectivity index (χ2v) is 4.78. The van der Waals surface area contributed by atoms with E-state index in [1.54, 1.807) is 12.1 Å². The van der Waals surface area contributed by atoms with E-state index in [1.807, 2.05) is 0 Å². The number of carbonyl (C=O) groups is 1. The van der Waals surface area contributed by atoms with Crippen LogP contribution in [0.2, 0.25) is 0 Å². The van der Waals surface area contributed by atoms with Gasteiger partial charge in [0.2, 0.25) is 5.91 Å². The van der Waals surface area contributed by atoms with Gasteiger partial charge in [0.05, 0.1) is 19.3 Å². The normalized spacial score (nSPS) is 19.8. The van der Waals surface area contributed by atoms with Gasteiger partial charge in [-0.15, -0.1) is 0 Å². The molecule has 1 aliphatic rings. The Morgan fingerprint density at radius 2 is 2.40 bits per heavy atom. The number of ether oxygens (including phenoxy) is 1. The van der Waals surface area contributed by atoms with E-state index >= 15 is 0 Å². The first-order valence-electron chi connectivity index (χ1n) is 6.67. The molecule has 0 aliphatic carbocycles. The van der Waals surface area contributed by atoms with Crippen molar-refractivity contribution >= 4 is 11.6 Å². The summed E-state index contributed by atoms with van der Waals surface area (Å²) in [7, 11) is 0. The lowest BCUT2D eigenvalue weighted by Crippen LogP contribution is -2.44. The van der Waals surface area contributed by atoms with Crippen molar-refractivity contribution in [3.05, 3.63) is 30.1 Å². The summed E-state index contributed by atoms with van der Waals surface area (Å²) in [5.41, 5.74) is 0.463. The largest absolute Gasteiger partial charge is 0.394 e. The fourth-order valence-corrected chi connectivity index (χ4v) is 2.14. The van der Waals surface area contributed by atoms with Crippen molar-refractivity contribution in [3.8, 4) is 0 Å². The Labute approximate surface area is 117 Å². The van der Waals surface area contributed by atoms with Crippen LogP contribution in [0.5, 0.6) is 0 Å². The van der Waals surface area contributed by atoms with Crippen LogP contribution in [-0.4, -0.2) is 54.9 Å². The van der Waals surface area contributed by atoms with Crippen molar-refractivity contribution in [2.45, 2.75) is 12.5 Å². The maximum absolute atomic E-state index is 13.0. The fraction of sp³-hybridized carbons (Fsp3) is 0.500. The van der Waals surface area contributed by atoms with Crippen molar-refractivity contribution in [1.82, 2.24) is 4.90 Å². The maximum Gasteiger partial charge on any atom is 0.225 e. The van der Waals surface area contributed by atoms with Crippen LogP contribution in [0.1, 0.15) is 6.42 Å². The number of amides is 1. The number of halogens is 1. The van der Waals surface area contributed by atoms with E-state index in [4.69, 9.17) is 9.84 Å². The number of hydrogen-bond donors (Lipinski definition) is 2. The molecule has 1 heterocycles. The number of aliphatic hydroxyl groups is 1. The zero-order chi connectivity index (χ0) is 14.4. The van der Waals surface area contributed by atoms with Gasteiger partial charge >= 0.3 is 0 Å². The van der Waals surface area contributed by atoms with Crippen molar-refractivity contribution in [2.24, 2.45) is 0 Å². The fourth-order valence-electron chi connectivity index (χ4n) is 2.14. The Bertz CT molecular complexity index is 456. The smallest absolute Gasteiger partial charge is 0.225 e. The van der Waals surface area contributed by atoms with Crippen molar-refractivity contribution in [1.29, 1.82) is 0 Å². The third-order valence-electron chi connectivity index (χ3n) is 3.19. The first kappa shape index (κ1) is 14.9. The lowest BCUT2D eigenvalue weighted by Gasteiger charge is -2.31. The van der Waals surface area contributed by atoms with Crippen LogP contribution in [0.4, 0.5) is 10.1 Å². The summed E-state index contributed by atoms with van der Waals surface area (Å²) in [5.74, 6) is -0.524. The van der Waals surface area contributed by atoms with Crippen molar-refractivity contribution in [2.75, 3.05) is 38.2 Å². The minimum absolute atomic E-state index is 0.00795. The third-order valence-corrected chi connectivity index (χ3v) is 3.19. The highest BCUT2D eigenvalue weighted by molar-refractivity contribution is 5.90.